The van der Waals surface area contributed by atoms with Gasteiger partial charge in [-0.25, -0.2) is 4.98 Å². The van der Waals surface area contributed by atoms with Crippen molar-refractivity contribution in [3.8, 4) is 0 Å². The fraction of sp³-hybridized carbons (Fsp3) is 0.286. The number of rotatable bonds is 2. The van der Waals surface area contributed by atoms with Crippen molar-refractivity contribution in [3.05, 3.63) is 23.9 Å². The van der Waals surface area contributed by atoms with E-state index in [0.29, 0.717) is 5.82 Å². The van der Waals surface area contributed by atoms with Crippen LogP contribution in [0, 0.1) is 6.92 Å². The molecule has 0 radical (unpaired) electrons. The number of aliphatic hydroxyl groups excluding tert-OH is 1. The van der Waals surface area contributed by atoms with Crippen molar-refractivity contribution in [2.75, 3.05) is 12.0 Å². The molecule has 0 aliphatic rings. The zero-order valence-corrected chi connectivity index (χ0v) is 5.83. The van der Waals surface area contributed by atoms with E-state index in [0.717, 1.165) is 5.69 Å². The molecule has 1 heterocycles. The summed E-state index contributed by atoms with van der Waals surface area (Å²) < 4.78 is 0. The van der Waals surface area contributed by atoms with Crippen molar-refractivity contribution in [2.24, 2.45) is 0 Å². The molecule has 0 aromatic carbocycles. The molecular weight excluding hydrogens is 128 g/mol. The van der Waals surface area contributed by atoms with Crippen molar-refractivity contribution in [2.45, 2.75) is 6.92 Å². The summed E-state index contributed by atoms with van der Waals surface area (Å²) in [5.41, 5.74) is 0.943. The topological polar surface area (TPSA) is 45.1 Å². The molecular formula is C7H10N2O. The molecule has 10 heavy (non-hydrogen) atoms. The summed E-state index contributed by atoms with van der Waals surface area (Å²) in [4.78, 5) is 4.09. The van der Waals surface area contributed by atoms with Gasteiger partial charge in [-0.2, -0.15) is 0 Å². The normalized spacial score (nSPS) is 9.40. The predicted octanol–water partition coefficient (Wildman–Crippen LogP) is 0.752. The minimum atomic E-state index is -0.0730. The van der Waals surface area contributed by atoms with Crippen molar-refractivity contribution in [3.63, 3.8) is 0 Å². The minimum Gasteiger partial charge on any atom is -0.377 e. The van der Waals surface area contributed by atoms with Crippen LogP contribution in [-0.4, -0.2) is 16.8 Å². The highest BCUT2D eigenvalue weighted by Gasteiger charge is 1.89. The van der Waals surface area contributed by atoms with E-state index in [9.17, 15) is 0 Å². The van der Waals surface area contributed by atoms with E-state index in [1.54, 1.807) is 0 Å². The average Bonchev–Trinajstić information content (AvgIpc) is 1.88. The molecule has 3 nitrogen and oxygen atoms in total. The van der Waals surface area contributed by atoms with Gasteiger partial charge in [-0.1, -0.05) is 6.07 Å². The fourth-order valence-corrected chi connectivity index (χ4v) is 0.722. The molecule has 1 rings (SSSR count). The van der Waals surface area contributed by atoms with E-state index in [2.05, 4.69) is 10.3 Å². The molecule has 0 aliphatic heterocycles. The maximum atomic E-state index is 8.46. The van der Waals surface area contributed by atoms with Gasteiger partial charge >= 0.3 is 0 Å². The summed E-state index contributed by atoms with van der Waals surface area (Å²) in [6, 6.07) is 5.60. The maximum Gasteiger partial charge on any atom is 0.127 e. The number of aryl methyl sites for hydroxylation is 1. The summed E-state index contributed by atoms with van der Waals surface area (Å²) in [5, 5.41) is 11.2. The lowest BCUT2D eigenvalue weighted by Crippen LogP contribution is -2.01. The highest BCUT2D eigenvalue weighted by Crippen LogP contribution is 2.01. The minimum absolute atomic E-state index is 0.0730. The standard InChI is InChI=1S/C7H10N2O/c1-6-3-2-4-7(9-6)8-5-10/h2-4,10H,5H2,1H3,(H,8,9). The third kappa shape index (κ3) is 1.70. The summed E-state index contributed by atoms with van der Waals surface area (Å²) in [7, 11) is 0. The molecule has 0 atom stereocenters. The summed E-state index contributed by atoms with van der Waals surface area (Å²) in [6.45, 7) is 1.83. The molecule has 0 bridgehead atoms. The molecule has 0 amide bonds. The number of hydrogen-bond acceptors (Lipinski definition) is 3. The molecule has 0 saturated carbocycles. The predicted molar refractivity (Wildman–Crippen MR) is 39.7 cm³/mol. The SMILES string of the molecule is Cc1cccc(NCO)n1. The number of aromatic nitrogens is 1. The van der Waals surface area contributed by atoms with Crippen LogP contribution in [0.25, 0.3) is 0 Å². The second-order valence-corrected chi connectivity index (χ2v) is 2.00. The van der Waals surface area contributed by atoms with Crippen LogP contribution in [0.3, 0.4) is 0 Å². The Balaban J connectivity index is 2.75. The van der Waals surface area contributed by atoms with E-state index in [4.69, 9.17) is 5.11 Å². The quantitative estimate of drug-likeness (QED) is 0.593. The van der Waals surface area contributed by atoms with Gasteiger partial charge in [0, 0.05) is 5.69 Å². The van der Waals surface area contributed by atoms with Gasteiger partial charge in [-0.3, -0.25) is 0 Å². The molecule has 0 saturated heterocycles. The molecule has 3 heteroatoms. The van der Waals surface area contributed by atoms with Gasteiger partial charge in [0.2, 0.25) is 0 Å². The van der Waals surface area contributed by atoms with Gasteiger partial charge < -0.3 is 10.4 Å². The second kappa shape index (κ2) is 3.17. The monoisotopic (exact) mass is 138 g/mol. The van der Waals surface area contributed by atoms with Gasteiger partial charge in [-0.05, 0) is 19.1 Å². The number of anilines is 1. The highest BCUT2D eigenvalue weighted by atomic mass is 16.3. The highest BCUT2D eigenvalue weighted by molar-refractivity contribution is 5.34. The first kappa shape index (κ1) is 7.02. The third-order valence-corrected chi connectivity index (χ3v) is 1.15. The molecule has 1 aromatic rings. The molecule has 0 fully saturated rings. The summed E-state index contributed by atoms with van der Waals surface area (Å²) in [6.07, 6.45) is 0. The molecule has 54 valence electrons. The van der Waals surface area contributed by atoms with Crippen LogP contribution in [0.4, 0.5) is 5.82 Å². The zero-order chi connectivity index (χ0) is 7.40. The average molecular weight is 138 g/mol. The second-order valence-electron chi connectivity index (χ2n) is 2.00. The Bertz CT molecular complexity index is 213. The van der Waals surface area contributed by atoms with Crippen LogP contribution < -0.4 is 5.32 Å². The van der Waals surface area contributed by atoms with Gasteiger partial charge in [0.15, 0.2) is 0 Å². The Kier molecular flexibility index (Phi) is 2.23. The fourth-order valence-electron chi connectivity index (χ4n) is 0.722. The van der Waals surface area contributed by atoms with Crippen molar-refractivity contribution in [1.82, 2.24) is 4.98 Å². The van der Waals surface area contributed by atoms with E-state index >= 15 is 0 Å². The first-order valence-electron chi connectivity index (χ1n) is 3.11. The lowest BCUT2D eigenvalue weighted by molar-refractivity contribution is 0.325. The number of nitrogens with one attached hydrogen (secondary N) is 1. The van der Waals surface area contributed by atoms with E-state index < -0.39 is 0 Å². The smallest absolute Gasteiger partial charge is 0.127 e. The number of nitrogens with zero attached hydrogens (tertiary/aromatic N) is 1. The van der Waals surface area contributed by atoms with Crippen LogP contribution in [0.2, 0.25) is 0 Å². The van der Waals surface area contributed by atoms with E-state index in [1.807, 2.05) is 25.1 Å². The Labute approximate surface area is 59.7 Å². The van der Waals surface area contributed by atoms with E-state index in [1.165, 1.54) is 0 Å². The van der Waals surface area contributed by atoms with Crippen LogP contribution in [0.5, 0.6) is 0 Å². The van der Waals surface area contributed by atoms with E-state index in [-0.39, 0.29) is 6.73 Å². The van der Waals surface area contributed by atoms with Crippen molar-refractivity contribution >= 4 is 5.82 Å². The Hall–Kier alpha value is -1.09. The first-order valence-corrected chi connectivity index (χ1v) is 3.11. The van der Waals surface area contributed by atoms with Crippen molar-refractivity contribution in [1.29, 1.82) is 0 Å². The van der Waals surface area contributed by atoms with Crippen LogP contribution in [-0.2, 0) is 0 Å². The van der Waals surface area contributed by atoms with Gasteiger partial charge in [0.05, 0.1) is 0 Å². The summed E-state index contributed by atoms with van der Waals surface area (Å²) >= 11 is 0. The number of hydrogen-bond donors (Lipinski definition) is 2. The van der Waals surface area contributed by atoms with Gasteiger partial charge in [0.25, 0.3) is 0 Å². The van der Waals surface area contributed by atoms with Gasteiger partial charge in [-0.15, -0.1) is 0 Å². The van der Waals surface area contributed by atoms with Crippen LogP contribution >= 0.6 is 0 Å². The number of pyridine rings is 1. The zero-order valence-electron chi connectivity index (χ0n) is 5.83. The number of aliphatic hydroxyl groups is 1. The van der Waals surface area contributed by atoms with Crippen LogP contribution in [0.15, 0.2) is 18.2 Å². The molecule has 1 aromatic heterocycles. The van der Waals surface area contributed by atoms with Gasteiger partial charge in [0.1, 0.15) is 12.5 Å². The maximum absolute atomic E-state index is 8.46. The Morgan fingerprint density at radius 3 is 3.00 bits per heavy atom. The van der Waals surface area contributed by atoms with Crippen molar-refractivity contribution < 1.29 is 5.11 Å². The molecule has 0 spiro atoms. The molecule has 2 N–H and O–H groups in total. The summed E-state index contributed by atoms with van der Waals surface area (Å²) in [5.74, 6) is 0.711. The molecule has 0 aliphatic carbocycles. The lowest BCUT2D eigenvalue weighted by Gasteiger charge is -2.00. The molecule has 0 unspecified atom stereocenters. The Morgan fingerprint density at radius 2 is 2.40 bits per heavy atom. The van der Waals surface area contributed by atoms with Crippen LogP contribution in [0.1, 0.15) is 5.69 Å². The largest absolute Gasteiger partial charge is 0.377 e. The Morgan fingerprint density at radius 1 is 1.60 bits per heavy atom. The lowest BCUT2D eigenvalue weighted by atomic mass is 10.4. The third-order valence-electron chi connectivity index (χ3n) is 1.15. The first-order chi connectivity index (χ1) is 4.83.